The van der Waals surface area contributed by atoms with Gasteiger partial charge in [-0.05, 0) is 86.3 Å². The second-order valence-corrected chi connectivity index (χ2v) is 10.3. The van der Waals surface area contributed by atoms with Gasteiger partial charge in [-0.25, -0.2) is 8.42 Å². The number of carbonyl (C=O) groups is 1. The highest BCUT2D eigenvalue weighted by molar-refractivity contribution is 7.92. The van der Waals surface area contributed by atoms with Crippen molar-refractivity contribution in [2.75, 3.05) is 28.0 Å². The molecule has 1 fully saturated rings. The molecule has 6 nitrogen and oxygen atoms in total. The topological polar surface area (TPSA) is 78.5 Å². The van der Waals surface area contributed by atoms with Gasteiger partial charge in [0, 0.05) is 30.0 Å². The van der Waals surface area contributed by atoms with Gasteiger partial charge in [-0.3, -0.25) is 9.52 Å². The van der Waals surface area contributed by atoms with Gasteiger partial charge in [-0.15, -0.1) is 0 Å². The van der Waals surface area contributed by atoms with Gasteiger partial charge < -0.3 is 10.2 Å². The van der Waals surface area contributed by atoms with E-state index in [0.29, 0.717) is 11.4 Å². The predicted octanol–water partition coefficient (Wildman–Crippen LogP) is 5.61. The molecule has 0 saturated carbocycles. The summed E-state index contributed by atoms with van der Waals surface area (Å²) in [7, 11) is -3.99. The van der Waals surface area contributed by atoms with Gasteiger partial charge in [0.2, 0.25) is 0 Å². The lowest BCUT2D eigenvalue weighted by Crippen LogP contribution is -2.18. The van der Waals surface area contributed by atoms with Gasteiger partial charge in [0.15, 0.2) is 0 Å². The molecule has 2 N–H and O–H groups in total. The molecule has 0 spiro atoms. The Morgan fingerprint density at radius 3 is 2.33 bits per heavy atom. The van der Waals surface area contributed by atoms with E-state index < -0.39 is 15.9 Å². The number of rotatable bonds is 6. The summed E-state index contributed by atoms with van der Waals surface area (Å²) in [4.78, 5) is 15.0. The summed E-state index contributed by atoms with van der Waals surface area (Å²) >= 11 is 6.21. The molecule has 0 radical (unpaired) electrons. The number of amides is 1. The molecule has 0 atom stereocenters. The normalized spacial score (nSPS) is 13.7. The molecule has 3 aromatic carbocycles. The summed E-state index contributed by atoms with van der Waals surface area (Å²) in [5.74, 6) is -0.413. The van der Waals surface area contributed by atoms with Crippen molar-refractivity contribution in [1.82, 2.24) is 0 Å². The van der Waals surface area contributed by atoms with Crippen molar-refractivity contribution < 1.29 is 13.2 Å². The summed E-state index contributed by atoms with van der Waals surface area (Å²) in [5, 5.41) is 2.87. The molecule has 0 unspecified atom stereocenters. The first-order valence-electron chi connectivity index (χ1n) is 10.8. The molecule has 172 valence electrons. The van der Waals surface area contributed by atoms with Gasteiger partial charge in [0.1, 0.15) is 4.90 Å². The van der Waals surface area contributed by atoms with Crippen molar-refractivity contribution >= 4 is 44.6 Å². The van der Waals surface area contributed by atoms with Crippen molar-refractivity contribution in [3.8, 4) is 0 Å². The molecule has 1 aliphatic heterocycles. The van der Waals surface area contributed by atoms with Gasteiger partial charge >= 0.3 is 0 Å². The fraction of sp³-hybridized carbons (Fsp3) is 0.240. The highest BCUT2D eigenvalue weighted by Gasteiger charge is 2.21. The Hall–Kier alpha value is -3.03. The van der Waals surface area contributed by atoms with Gasteiger partial charge in [0.05, 0.1) is 10.7 Å². The first-order chi connectivity index (χ1) is 15.7. The minimum absolute atomic E-state index is 0.0410. The monoisotopic (exact) mass is 483 g/mol. The second kappa shape index (κ2) is 9.45. The number of anilines is 3. The minimum atomic E-state index is -3.99. The molecular formula is C25H26ClN3O3S. The summed E-state index contributed by atoms with van der Waals surface area (Å²) < 4.78 is 28.7. The highest BCUT2D eigenvalue weighted by atomic mass is 35.5. The van der Waals surface area contributed by atoms with Crippen LogP contribution in [0.25, 0.3) is 0 Å². The third-order valence-electron chi connectivity index (χ3n) is 5.72. The van der Waals surface area contributed by atoms with Crippen LogP contribution < -0.4 is 14.9 Å². The highest BCUT2D eigenvalue weighted by Crippen LogP contribution is 2.28. The Bertz CT molecular complexity index is 1280. The lowest BCUT2D eigenvalue weighted by atomic mass is 10.1. The summed E-state index contributed by atoms with van der Waals surface area (Å²) in [6, 6.07) is 17.4. The lowest BCUT2D eigenvalue weighted by Gasteiger charge is -2.18. The second-order valence-electron chi connectivity index (χ2n) is 8.26. The van der Waals surface area contributed by atoms with E-state index in [0.717, 1.165) is 29.9 Å². The summed E-state index contributed by atoms with van der Waals surface area (Å²) in [6.45, 7) is 5.79. The molecule has 0 bridgehead atoms. The first-order valence-corrected chi connectivity index (χ1v) is 12.6. The number of sulfonamides is 1. The number of nitrogens with zero attached hydrogens (tertiary/aromatic N) is 1. The maximum absolute atomic E-state index is 13.1. The van der Waals surface area contributed by atoms with Crippen molar-refractivity contribution in [1.29, 1.82) is 0 Å². The standard InChI is InChI=1S/C25H26ClN3O3S/c1-17-5-6-18(2)23(15-17)28-33(31,32)24-16-19(7-12-22(24)26)25(30)27-20-8-10-21(11-9-20)29-13-3-4-14-29/h5-12,15-16,28H,3-4,13-14H2,1-2H3,(H,27,30). The molecule has 0 aliphatic carbocycles. The van der Waals surface area contributed by atoms with E-state index in [9.17, 15) is 13.2 Å². The van der Waals surface area contributed by atoms with E-state index in [4.69, 9.17) is 11.6 Å². The number of aryl methyl sites for hydroxylation is 2. The van der Waals surface area contributed by atoms with E-state index in [1.54, 1.807) is 6.07 Å². The fourth-order valence-electron chi connectivity index (χ4n) is 3.83. The zero-order chi connectivity index (χ0) is 23.6. The summed E-state index contributed by atoms with van der Waals surface area (Å²) in [6.07, 6.45) is 2.39. The van der Waals surface area contributed by atoms with E-state index in [1.165, 1.54) is 31.0 Å². The maximum Gasteiger partial charge on any atom is 0.263 e. The minimum Gasteiger partial charge on any atom is -0.372 e. The van der Waals surface area contributed by atoms with Crippen LogP contribution in [-0.2, 0) is 10.0 Å². The van der Waals surface area contributed by atoms with Crippen molar-refractivity contribution in [3.63, 3.8) is 0 Å². The average Bonchev–Trinajstić information content (AvgIpc) is 3.32. The predicted molar refractivity (Wildman–Crippen MR) is 134 cm³/mol. The number of halogens is 1. The Balaban J connectivity index is 1.53. The molecule has 1 heterocycles. The molecular weight excluding hydrogens is 458 g/mol. The van der Waals surface area contributed by atoms with Crippen LogP contribution >= 0.6 is 11.6 Å². The number of nitrogens with one attached hydrogen (secondary N) is 2. The Kier molecular flexibility index (Phi) is 6.63. The molecule has 1 saturated heterocycles. The number of hydrogen-bond acceptors (Lipinski definition) is 4. The Morgan fingerprint density at radius 2 is 1.64 bits per heavy atom. The Morgan fingerprint density at radius 1 is 0.939 bits per heavy atom. The van der Waals surface area contributed by atoms with E-state index in [2.05, 4.69) is 14.9 Å². The van der Waals surface area contributed by atoms with Gasteiger partial charge in [-0.2, -0.15) is 0 Å². The number of hydrogen-bond donors (Lipinski definition) is 2. The van der Waals surface area contributed by atoms with Crippen LogP contribution in [0.1, 0.15) is 34.3 Å². The molecule has 0 aromatic heterocycles. The third-order valence-corrected chi connectivity index (χ3v) is 7.56. The van der Waals surface area contributed by atoms with E-state index >= 15 is 0 Å². The molecule has 3 aromatic rings. The molecule has 8 heteroatoms. The van der Waals surface area contributed by atoms with Gasteiger partial charge in [-0.1, -0.05) is 23.7 Å². The number of benzene rings is 3. The zero-order valence-electron chi connectivity index (χ0n) is 18.6. The van der Waals surface area contributed by atoms with Crippen LogP contribution in [0.2, 0.25) is 5.02 Å². The van der Waals surface area contributed by atoms with Crippen LogP contribution in [0.3, 0.4) is 0 Å². The first kappa shape index (κ1) is 23.1. The van der Waals surface area contributed by atoms with Crippen molar-refractivity contribution in [2.24, 2.45) is 0 Å². The molecule has 4 rings (SSSR count). The van der Waals surface area contributed by atoms with Crippen LogP contribution in [0, 0.1) is 13.8 Å². The van der Waals surface area contributed by atoms with E-state index in [1.807, 2.05) is 50.2 Å². The molecule has 33 heavy (non-hydrogen) atoms. The molecule has 1 aliphatic rings. The largest absolute Gasteiger partial charge is 0.372 e. The maximum atomic E-state index is 13.1. The average molecular weight is 484 g/mol. The Labute approximate surface area is 199 Å². The van der Waals surface area contributed by atoms with Gasteiger partial charge in [0.25, 0.3) is 15.9 Å². The van der Waals surface area contributed by atoms with Crippen LogP contribution in [-0.4, -0.2) is 27.4 Å². The lowest BCUT2D eigenvalue weighted by molar-refractivity contribution is 0.102. The van der Waals surface area contributed by atoms with E-state index in [-0.39, 0.29) is 15.5 Å². The van der Waals surface area contributed by atoms with Crippen molar-refractivity contribution in [2.45, 2.75) is 31.6 Å². The summed E-state index contributed by atoms with van der Waals surface area (Å²) in [5.41, 5.74) is 4.14. The molecule has 1 amide bonds. The smallest absolute Gasteiger partial charge is 0.263 e. The quantitative estimate of drug-likeness (QED) is 0.477. The van der Waals surface area contributed by atoms with Crippen molar-refractivity contribution in [3.05, 3.63) is 82.4 Å². The SMILES string of the molecule is Cc1ccc(C)c(NS(=O)(=O)c2cc(C(=O)Nc3ccc(N4CCCC4)cc3)ccc2Cl)c1. The zero-order valence-corrected chi connectivity index (χ0v) is 20.1. The third kappa shape index (κ3) is 5.31. The van der Waals surface area contributed by atoms with Crippen LogP contribution in [0.15, 0.2) is 65.6 Å². The number of carbonyl (C=O) groups excluding carboxylic acids is 1. The van der Waals surface area contributed by atoms with Crippen LogP contribution in [0.5, 0.6) is 0 Å². The van der Waals surface area contributed by atoms with Crippen LogP contribution in [0.4, 0.5) is 17.1 Å². The fourth-order valence-corrected chi connectivity index (χ4v) is 5.48.